The van der Waals surface area contributed by atoms with Crippen molar-refractivity contribution in [2.45, 2.75) is 4.90 Å². The van der Waals surface area contributed by atoms with Gasteiger partial charge in [0.25, 0.3) is 9.84 Å². The van der Waals surface area contributed by atoms with Gasteiger partial charge in [-0.15, -0.1) is 0 Å². The van der Waals surface area contributed by atoms with Crippen LogP contribution in [-0.4, -0.2) is 14.3 Å². The van der Waals surface area contributed by atoms with Crippen LogP contribution in [0.25, 0.3) is 4.85 Å². The Bertz CT molecular complexity index is 430. The molecule has 1 rings (SSSR count). The molecule has 13 heavy (non-hydrogen) atoms. The zero-order valence-corrected chi connectivity index (χ0v) is 7.38. The smallest absolute Gasteiger partial charge is 0.299 e. The van der Waals surface area contributed by atoms with Gasteiger partial charge in [-0.1, -0.05) is 0 Å². The van der Waals surface area contributed by atoms with Gasteiger partial charge in [-0.25, -0.2) is 19.4 Å². The van der Waals surface area contributed by atoms with Crippen molar-refractivity contribution >= 4 is 9.84 Å². The van der Waals surface area contributed by atoms with Gasteiger partial charge < -0.3 is 0 Å². The molecule has 0 radical (unpaired) electrons. The fourth-order valence-electron chi connectivity index (χ4n) is 0.801. The maximum atomic E-state index is 12.4. The summed E-state index contributed by atoms with van der Waals surface area (Å²) in [5.74, 6) is -1.10. The number of rotatable bonds is 2. The minimum absolute atomic E-state index is 0.0232. The van der Waals surface area contributed by atoms with Gasteiger partial charge in [0.1, 0.15) is 5.82 Å². The Hall–Kier alpha value is -1.41. The van der Waals surface area contributed by atoms with E-state index in [0.717, 1.165) is 24.3 Å². The summed E-state index contributed by atoms with van der Waals surface area (Å²) in [7, 11) is -3.55. The standard InChI is InChI=1S/C8H6FNO2S/c1-10-6-13(11,12)8-4-2-7(9)3-5-8/h2-5H,6H2. The maximum Gasteiger partial charge on any atom is 0.316 e. The molecule has 0 N–H and O–H groups in total. The first-order valence-corrected chi connectivity index (χ1v) is 5.03. The zero-order chi connectivity index (χ0) is 9.90. The third-order valence-corrected chi connectivity index (χ3v) is 2.87. The summed E-state index contributed by atoms with van der Waals surface area (Å²) in [6.45, 7) is 6.42. The second kappa shape index (κ2) is 3.54. The van der Waals surface area contributed by atoms with Gasteiger partial charge in [-0.3, -0.25) is 4.85 Å². The number of nitrogens with zero attached hydrogens (tertiary/aromatic N) is 1. The van der Waals surface area contributed by atoms with Crippen molar-refractivity contribution in [3.05, 3.63) is 41.5 Å². The molecule has 3 nitrogen and oxygen atoms in total. The Morgan fingerprint density at radius 2 is 1.85 bits per heavy atom. The van der Waals surface area contributed by atoms with E-state index in [4.69, 9.17) is 6.57 Å². The fraction of sp³-hybridized carbons (Fsp3) is 0.125. The lowest BCUT2D eigenvalue weighted by Crippen LogP contribution is -2.03. The fourth-order valence-corrected chi connectivity index (χ4v) is 1.67. The molecule has 0 atom stereocenters. The lowest BCUT2D eigenvalue weighted by molar-refractivity contribution is 0.597. The lowest BCUT2D eigenvalue weighted by Gasteiger charge is -1.96. The minimum atomic E-state index is -3.55. The van der Waals surface area contributed by atoms with E-state index in [1.165, 1.54) is 0 Å². The van der Waals surface area contributed by atoms with E-state index in [1.54, 1.807) is 0 Å². The van der Waals surface area contributed by atoms with Crippen LogP contribution in [0, 0.1) is 12.4 Å². The normalized spacial score (nSPS) is 10.8. The van der Waals surface area contributed by atoms with Crippen LogP contribution < -0.4 is 0 Å². The van der Waals surface area contributed by atoms with Crippen LogP contribution in [0.15, 0.2) is 29.2 Å². The predicted molar refractivity (Wildman–Crippen MR) is 45.1 cm³/mol. The molecule has 0 aromatic heterocycles. The molecule has 0 aliphatic heterocycles. The molecule has 0 fully saturated rings. The molecule has 0 unspecified atom stereocenters. The van der Waals surface area contributed by atoms with Crippen molar-refractivity contribution in [2.75, 3.05) is 5.88 Å². The van der Waals surface area contributed by atoms with E-state index < -0.39 is 21.5 Å². The number of hydrogen-bond acceptors (Lipinski definition) is 2. The van der Waals surface area contributed by atoms with Crippen molar-refractivity contribution in [1.29, 1.82) is 0 Å². The van der Waals surface area contributed by atoms with Gasteiger partial charge in [0.2, 0.25) is 0 Å². The van der Waals surface area contributed by atoms with Crippen LogP contribution >= 0.6 is 0 Å². The van der Waals surface area contributed by atoms with Crippen LogP contribution in [0.5, 0.6) is 0 Å². The molecule has 0 heterocycles. The average Bonchev–Trinajstić information content (AvgIpc) is 2.05. The van der Waals surface area contributed by atoms with Crippen LogP contribution in [0.2, 0.25) is 0 Å². The van der Waals surface area contributed by atoms with Crippen molar-refractivity contribution in [3.63, 3.8) is 0 Å². The largest absolute Gasteiger partial charge is 0.316 e. The van der Waals surface area contributed by atoms with E-state index in [-0.39, 0.29) is 4.90 Å². The summed E-state index contributed by atoms with van der Waals surface area (Å²) in [6, 6.07) is 4.40. The van der Waals surface area contributed by atoms with Gasteiger partial charge in [-0.05, 0) is 24.3 Å². The number of benzene rings is 1. The third kappa shape index (κ3) is 2.26. The second-order valence-corrected chi connectivity index (χ2v) is 4.31. The van der Waals surface area contributed by atoms with Crippen LogP contribution in [-0.2, 0) is 9.84 Å². The van der Waals surface area contributed by atoms with Crippen molar-refractivity contribution < 1.29 is 12.8 Å². The molecule has 0 bridgehead atoms. The van der Waals surface area contributed by atoms with E-state index in [0.29, 0.717) is 0 Å². The molecular weight excluding hydrogens is 193 g/mol. The number of sulfone groups is 1. The molecule has 0 aliphatic carbocycles. The first-order valence-electron chi connectivity index (χ1n) is 3.38. The first-order chi connectivity index (χ1) is 6.06. The Labute approximate surface area is 75.6 Å². The van der Waals surface area contributed by atoms with E-state index in [9.17, 15) is 12.8 Å². The molecule has 0 aliphatic rings. The lowest BCUT2D eigenvalue weighted by atomic mass is 10.4. The third-order valence-electron chi connectivity index (χ3n) is 1.41. The Kier molecular flexibility index (Phi) is 2.63. The highest BCUT2D eigenvalue weighted by Crippen LogP contribution is 2.11. The van der Waals surface area contributed by atoms with Crippen LogP contribution in [0.4, 0.5) is 4.39 Å². The zero-order valence-electron chi connectivity index (χ0n) is 6.57. The van der Waals surface area contributed by atoms with Crippen LogP contribution in [0.3, 0.4) is 0 Å². The maximum absolute atomic E-state index is 12.4. The van der Waals surface area contributed by atoms with Gasteiger partial charge in [0, 0.05) is 0 Å². The van der Waals surface area contributed by atoms with E-state index in [2.05, 4.69) is 4.85 Å². The minimum Gasteiger partial charge on any atom is -0.299 e. The summed E-state index contributed by atoms with van der Waals surface area (Å²) in [5.41, 5.74) is 0. The SMILES string of the molecule is [C-]#[N+]CS(=O)(=O)c1ccc(F)cc1. The van der Waals surface area contributed by atoms with Gasteiger partial charge in [0.15, 0.2) is 0 Å². The average molecular weight is 199 g/mol. The van der Waals surface area contributed by atoms with E-state index >= 15 is 0 Å². The molecule has 0 saturated carbocycles. The number of halogens is 1. The van der Waals surface area contributed by atoms with Gasteiger partial charge >= 0.3 is 5.88 Å². The molecular formula is C8H6FNO2S. The molecule has 1 aromatic rings. The molecule has 1 aromatic carbocycles. The summed E-state index contributed by atoms with van der Waals surface area (Å²) < 4.78 is 34.8. The van der Waals surface area contributed by atoms with Gasteiger partial charge in [0.05, 0.1) is 4.90 Å². The molecule has 0 spiro atoms. The summed E-state index contributed by atoms with van der Waals surface area (Å²) in [6.07, 6.45) is 0. The quantitative estimate of drug-likeness (QED) is 0.534. The Morgan fingerprint density at radius 3 is 2.31 bits per heavy atom. The van der Waals surface area contributed by atoms with Crippen LogP contribution in [0.1, 0.15) is 0 Å². The van der Waals surface area contributed by atoms with Gasteiger partial charge in [-0.2, -0.15) is 0 Å². The second-order valence-electron chi connectivity index (χ2n) is 2.36. The number of hydrogen-bond donors (Lipinski definition) is 0. The highest BCUT2D eigenvalue weighted by atomic mass is 32.2. The molecule has 0 amide bonds. The molecule has 68 valence electrons. The summed E-state index contributed by atoms with van der Waals surface area (Å²) in [4.78, 5) is 2.75. The predicted octanol–water partition coefficient (Wildman–Crippen LogP) is 1.48. The van der Waals surface area contributed by atoms with Crippen molar-refractivity contribution in [3.8, 4) is 0 Å². The van der Waals surface area contributed by atoms with Crippen molar-refractivity contribution in [2.24, 2.45) is 0 Å². The molecule has 0 saturated heterocycles. The topological polar surface area (TPSA) is 38.5 Å². The summed E-state index contributed by atoms with van der Waals surface area (Å²) in [5, 5.41) is 0. The summed E-state index contributed by atoms with van der Waals surface area (Å²) >= 11 is 0. The Morgan fingerprint density at radius 1 is 1.31 bits per heavy atom. The monoisotopic (exact) mass is 199 g/mol. The highest BCUT2D eigenvalue weighted by molar-refractivity contribution is 7.91. The Balaban J connectivity index is 3.11. The van der Waals surface area contributed by atoms with Crippen molar-refractivity contribution in [1.82, 2.24) is 0 Å². The highest BCUT2D eigenvalue weighted by Gasteiger charge is 2.16. The molecule has 5 heteroatoms. The first kappa shape index (κ1) is 9.68. The van der Waals surface area contributed by atoms with E-state index in [1.807, 2.05) is 0 Å².